The highest BCUT2D eigenvalue weighted by Crippen LogP contribution is 2.25. The van der Waals surface area contributed by atoms with Crippen molar-refractivity contribution in [2.24, 2.45) is 0 Å². The van der Waals surface area contributed by atoms with Crippen molar-refractivity contribution in [3.05, 3.63) is 16.6 Å². The summed E-state index contributed by atoms with van der Waals surface area (Å²) in [7, 11) is 3.68. The number of ether oxygens (including phenoxy) is 1. The van der Waals surface area contributed by atoms with Crippen LogP contribution in [0.1, 0.15) is 38.1 Å². The van der Waals surface area contributed by atoms with E-state index in [1.54, 1.807) is 24.6 Å². The first-order valence-electron chi connectivity index (χ1n) is 9.55. The number of nitrogens with zero attached hydrogens (tertiary/aromatic N) is 3. The molecule has 2 N–H and O–H groups in total. The van der Waals surface area contributed by atoms with Crippen LogP contribution in [0.15, 0.2) is 11.6 Å². The smallest absolute Gasteiger partial charge is 0.300 e. The SMILES string of the molecule is CC(=O)O.COCCN(Cc1nccs1)C(=O)C[C@@H]1CC[C@H](CNC(C)=O)N1C. The molecule has 0 aliphatic carbocycles. The highest BCUT2D eigenvalue weighted by Gasteiger charge is 2.32. The van der Waals surface area contributed by atoms with Gasteiger partial charge in [-0.3, -0.25) is 19.3 Å². The quantitative estimate of drug-likeness (QED) is 0.608. The number of methoxy groups -OCH3 is 1. The average molecular weight is 429 g/mol. The summed E-state index contributed by atoms with van der Waals surface area (Å²) in [4.78, 5) is 41.2. The second-order valence-corrected chi connectivity index (χ2v) is 7.92. The van der Waals surface area contributed by atoms with E-state index in [4.69, 9.17) is 14.6 Å². The van der Waals surface area contributed by atoms with Crippen LogP contribution < -0.4 is 5.32 Å². The Morgan fingerprint density at radius 3 is 2.55 bits per heavy atom. The minimum absolute atomic E-state index is 0.0119. The topological polar surface area (TPSA) is 112 Å². The Morgan fingerprint density at radius 1 is 1.34 bits per heavy atom. The second kappa shape index (κ2) is 13.2. The number of amides is 2. The Balaban J connectivity index is 0.000000960. The highest BCUT2D eigenvalue weighted by atomic mass is 32.1. The standard InChI is InChI=1S/C17H28N4O3S.C2H4O2/c1-13(22)19-11-15-5-4-14(20(15)2)10-17(23)21(7-8-24-3)12-16-18-6-9-25-16;1-2(3)4/h6,9,14-15H,4-5,7-8,10-12H2,1-3H3,(H,19,22);1H3,(H,3,4)/t14-,15+;/m0./s1. The Hall–Kier alpha value is -2.04. The third kappa shape index (κ3) is 9.82. The number of hydrogen-bond acceptors (Lipinski definition) is 7. The van der Waals surface area contributed by atoms with E-state index in [1.165, 1.54) is 6.92 Å². The monoisotopic (exact) mass is 428 g/mol. The van der Waals surface area contributed by atoms with E-state index in [1.807, 2.05) is 17.3 Å². The fourth-order valence-corrected chi connectivity index (χ4v) is 3.79. The van der Waals surface area contributed by atoms with Gasteiger partial charge in [-0.05, 0) is 19.9 Å². The zero-order valence-corrected chi connectivity index (χ0v) is 18.4. The van der Waals surface area contributed by atoms with Gasteiger partial charge in [-0.2, -0.15) is 0 Å². The van der Waals surface area contributed by atoms with E-state index < -0.39 is 5.97 Å². The molecule has 1 aromatic rings. The van der Waals surface area contributed by atoms with Gasteiger partial charge < -0.3 is 20.1 Å². The number of thiazole rings is 1. The summed E-state index contributed by atoms with van der Waals surface area (Å²) >= 11 is 1.56. The lowest BCUT2D eigenvalue weighted by Crippen LogP contribution is -2.43. The highest BCUT2D eigenvalue weighted by molar-refractivity contribution is 7.09. The summed E-state index contributed by atoms with van der Waals surface area (Å²) in [5.41, 5.74) is 0. The van der Waals surface area contributed by atoms with Crippen LogP contribution in [0.3, 0.4) is 0 Å². The molecule has 2 heterocycles. The summed E-state index contributed by atoms with van der Waals surface area (Å²) in [5.74, 6) is -0.716. The first-order valence-corrected chi connectivity index (χ1v) is 10.4. The third-order valence-electron chi connectivity index (χ3n) is 4.71. The lowest BCUT2D eigenvalue weighted by atomic mass is 10.1. The molecular weight excluding hydrogens is 396 g/mol. The molecule has 0 bridgehead atoms. The molecule has 10 heteroatoms. The van der Waals surface area contributed by atoms with Crippen LogP contribution in [-0.2, 0) is 25.7 Å². The maximum Gasteiger partial charge on any atom is 0.300 e. The first-order chi connectivity index (χ1) is 13.7. The Bertz CT molecular complexity index is 637. The number of hydrogen-bond donors (Lipinski definition) is 2. The van der Waals surface area contributed by atoms with Gasteiger partial charge in [0.25, 0.3) is 5.97 Å². The molecule has 2 amide bonds. The van der Waals surface area contributed by atoms with Crippen LogP contribution in [0.5, 0.6) is 0 Å². The average Bonchev–Trinajstić information content (AvgIpc) is 3.27. The first kappa shape index (κ1) is 25.0. The van der Waals surface area contributed by atoms with Crippen molar-refractivity contribution < 1.29 is 24.2 Å². The zero-order valence-electron chi connectivity index (χ0n) is 17.6. The lowest BCUT2D eigenvalue weighted by Gasteiger charge is -2.28. The van der Waals surface area contributed by atoms with Gasteiger partial charge in [-0.1, -0.05) is 0 Å². The number of likely N-dealkylation sites (N-methyl/N-ethyl adjacent to an activating group) is 1. The summed E-state index contributed by atoms with van der Waals surface area (Å²) < 4.78 is 5.14. The van der Waals surface area contributed by atoms with Crippen LogP contribution in [-0.4, -0.2) is 83.6 Å². The van der Waals surface area contributed by atoms with Gasteiger partial charge in [-0.15, -0.1) is 11.3 Å². The summed E-state index contributed by atoms with van der Waals surface area (Å²) in [5, 5.41) is 13.1. The predicted molar refractivity (Wildman–Crippen MR) is 111 cm³/mol. The van der Waals surface area contributed by atoms with Crippen LogP contribution in [0.25, 0.3) is 0 Å². The number of aromatic nitrogens is 1. The van der Waals surface area contributed by atoms with Crippen LogP contribution in [0.4, 0.5) is 0 Å². The largest absolute Gasteiger partial charge is 0.481 e. The third-order valence-corrected chi connectivity index (χ3v) is 5.47. The molecule has 1 aromatic heterocycles. The molecule has 9 nitrogen and oxygen atoms in total. The molecule has 0 saturated carbocycles. The molecule has 1 aliphatic heterocycles. The van der Waals surface area contributed by atoms with Crippen LogP contribution in [0, 0.1) is 0 Å². The van der Waals surface area contributed by atoms with E-state index in [0.717, 1.165) is 24.8 Å². The van der Waals surface area contributed by atoms with E-state index in [-0.39, 0.29) is 17.9 Å². The number of carboxylic acid groups (broad SMARTS) is 1. The number of carbonyl (C=O) groups is 3. The van der Waals surface area contributed by atoms with Gasteiger partial charge in [0.05, 0.1) is 13.2 Å². The van der Waals surface area contributed by atoms with Crippen molar-refractivity contribution in [1.29, 1.82) is 0 Å². The molecule has 1 fully saturated rings. The van der Waals surface area contributed by atoms with Gasteiger partial charge in [0.2, 0.25) is 11.8 Å². The van der Waals surface area contributed by atoms with Crippen LogP contribution >= 0.6 is 11.3 Å². The van der Waals surface area contributed by atoms with E-state index in [0.29, 0.717) is 38.7 Å². The van der Waals surface area contributed by atoms with Crippen molar-refractivity contribution in [2.45, 2.75) is 51.7 Å². The zero-order chi connectivity index (χ0) is 21.8. The summed E-state index contributed by atoms with van der Waals surface area (Å²) in [6.07, 6.45) is 4.22. The van der Waals surface area contributed by atoms with Crippen molar-refractivity contribution in [3.63, 3.8) is 0 Å². The molecule has 164 valence electrons. The van der Waals surface area contributed by atoms with Crippen LogP contribution in [0.2, 0.25) is 0 Å². The van der Waals surface area contributed by atoms with Gasteiger partial charge in [0.15, 0.2) is 0 Å². The van der Waals surface area contributed by atoms with Crippen molar-refractivity contribution >= 4 is 29.1 Å². The van der Waals surface area contributed by atoms with Crippen molar-refractivity contribution in [2.75, 3.05) is 33.9 Å². The normalized spacial score (nSPS) is 18.6. The molecule has 2 atom stereocenters. The molecule has 0 radical (unpaired) electrons. The number of carboxylic acids is 1. The fraction of sp³-hybridized carbons (Fsp3) is 0.684. The lowest BCUT2D eigenvalue weighted by molar-refractivity contribution is -0.135. The molecular formula is C19H32N4O5S. The number of aliphatic carboxylic acids is 1. The minimum atomic E-state index is -0.833. The van der Waals surface area contributed by atoms with Crippen molar-refractivity contribution in [3.8, 4) is 0 Å². The molecule has 0 aromatic carbocycles. The fourth-order valence-electron chi connectivity index (χ4n) is 3.16. The molecule has 1 saturated heterocycles. The molecule has 0 unspecified atom stereocenters. The molecule has 0 spiro atoms. The summed E-state index contributed by atoms with van der Waals surface area (Å²) in [6.45, 7) is 4.88. The number of carbonyl (C=O) groups excluding carboxylic acids is 2. The van der Waals surface area contributed by atoms with E-state index in [2.05, 4.69) is 15.2 Å². The Kier molecular flexibility index (Phi) is 11.4. The van der Waals surface area contributed by atoms with Gasteiger partial charge >= 0.3 is 0 Å². The predicted octanol–water partition coefficient (Wildman–Crippen LogP) is 1.20. The minimum Gasteiger partial charge on any atom is -0.481 e. The van der Waals surface area contributed by atoms with Crippen molar-refractivity contribution in [1.82, 2.24) is 20.1 Å². The number of likely N-dealkylation sites (tertiary alicyclic amines) is 1. The Labute approximate surface area is 176 Å². The molecule has 2 rings (SSSR count). The van der Waals surface area contributed by atoms with E-state index in [9.17, 15) is 9.59 Å². The number of nitrogens with one attached hydrogen (secondary N) is 1. The van der Waals surface area contributed by atoms with E-state index >= 15 is 0 Å². The van der Waals surface area contributed by atoms with Gasteiger partial charge in [0, 0.05) is 64.1 Å². The molecule has 29 heavy (non-hydrogen) atoms. The summed E-state index contributed by atoms with van der Waals surface area (Å²) in [6, 6.07) is 0.515. The van der Waals surface area contributed by atoms with Gasteiger partial charge in [-0.25, -0.2) is 4.98 Å². The maximum atomic E-state index is 12.8. The number of rotatable bonds is 9. The Morgan fingerprint density at radius 2 is 2.00 bits per heavy atom. The molecule has 1 aliphatic rings. The van der Waals surface area contributed by atoms with Gasteiger partial charge in [0.1, 0.15) is 5.01 Å². The second-order valence-electron chi connectivity index (χ2n) is 6.94. The maximum absolute atomic E-state index is 12.8.